The fourth-order valence-electron chi connectivity index (χ4n) is 1.21. The minimum absolute atomic E-state index is 0.000652. The maximum atomic E-state index is 11.3. The third-order valence-electron chi connectivity index (χ3n) is 2.07. The van der Waals surface area contributed by atoms with Crippen LogP contribution in [0.5, 0.6) is 0 Å². The molecule has 0 fully saturated rings. The van der Waals surface area contributed by atoms with Crippen LogP contribution in [0.4, 0.5) is 0 Å². The van der Waals surface area contributed by atoms with Crippen LogP contribution in [0.25, 0.3) is 0 Å². The van der Waals surface area contributed by atoms with Gasteiger partial charge in [0, 0.05) is 12.8 Å². The molecule has 0 heterocycles. The number of ether oxygens (including phenoxy) is 1. The van der Waals surface area contributed by atoms with Crippen molar-refractivity contribution in [2.75, 3.05) is 0 Å². The predicted octanol–water partition coefficient (Wildman–Crippen LogP) is -0.151. The lowest BCUT2D eigenvalue weighted by Crippen LogP contribution is -2.30. The van der Waals surface area contributed by atoms with Crippen molar-refractivity contribution in [3.05, 3.63) is 0 Å². The lowest BCUT2D eigenvalue weighted by atomic mass is 10.1. The summed E-state index contributed by atoms with van der Waals surface area (Å²) in [6.45, 7) is 3.51. The second kappa shape index (κ2) is 8.06. The van der Waals surface area contributed by atoms with E-state index in [1.165, 1.54) is 0 Å². The van der Waals surface area contributed by atoms with Crippen LogP contribution in [-0.4, -0.2) is 29.2 Å². The van der Waals surface area contributed by atoms with Crippen LogP contribution in [-0.2, 0) is 14.3 Å². The third-order valence-corrected chi connectivity index (χ3v) is 2.07. The van der Waals surface area contributed by atoms with E-state index in [-0.39, 0.29) is 18.9 Å². The monoisotopic (exact) mass is 232 g/mol. The van der Waals surface area contributed by atoms with Gasteiger partial charge in [-0.3, -0.25) is 15.0 Å². The van der Waals surface area contributed by atoms with E-state index in [2.05, 4.69) is 0 Å². The van der Waals surface area contributed by atoms with E-state index in [1.54, 1.807) is 6.92 Å². The molecule has 0 aliphatic carbocycles. The Morgan fingerprint density at radius 2 is 2.06 bits per heavy atom. The van der Waals surface area contributed by atoms with Gasteiger partial charge in [0.05, 0.1) is 12.5 Å². The number of hydrogen-bond donors (Lipinski definition) is 3. The van der Waals surface area contributed by atoms with Crippen molar-refractivity contribution in [2.45, 2.75) is 51.7 Å². The zero-order valence-electron chi connectivity index (χ0n) is 9.73. The Kier molecular flexibility index (Phi) is 7.49. The highest BCUT2D eigenvalue weighted by Crippen LogP contribution is 2.08. The van der Waals surface area contributed by atoms with Gasteiger partial charge in [-0.2, -0.15) is 0 Å². The van der Waals surface area contributed by atoms with E-state index < -0.39 is 18.0 Å². The highest BCUT2D eigenvalue weighted by atomic mass is 16.5. The number of amides is 1. The molecule has 6 nitrogen and oxygen atoms in total. The summed E-state index contributed by atoms with van der Waals surface area (Å²) in [6, 6.07) is 0. The van der Waals surface area contributed by atoms with Crippen LogP contribution in [0.1, 0.15) is 39.5 Å². The molecule has 0 aromatic heterocycles. The second-order valence-electron chi connectivity index (χ2n) is 3.67. The van der Waals surface area contributed by atoms with Gasteiger partial charge < -0.3 is 9.84 Å². The molecule has 94 valence electrons. The van der Waals surface area contributed by atoms with E-state index in [0.717, 1.165) is 0 Å². The van der Waals surface area contributed by atoms with Crippen molar-refractivity contribution >= 4 is 11.9 Å². The predicted molar refractivity (Wildman–Crippen MR) is 58.0 cm³/mol. The molecule has 0 radical (unpaired) electrons. The lowest BCUT2D eigenvalue weighted by Gasteiger charge is -2.17. The Morgan fingerprint density at radius 1 is 1.44 bits per heavy atom. The van der Waals surface area contributed by atoms with Crippen LogP contribution < -0.4 is 11.3 Å². The standard InChI is InChI=1S/C10H20N2O4/c1-3-8(6-7(2)13)16-10(15)5-4-9(14)12-11/h7-8,13H,3-6,11H2,1-2H3,(H,12,14). The van der Waals surface area contributed by atoms with Crippen molar-refractivity contribution in [3.63, 3.8) is 0 Å². The van der Waals surface area contributed by atoms with Gasteiger partial charge >= 0.3 is 5.97 Å². The Morgan fingerprint density at radius 3 is 2.50 bits per heavy atom. The zero-order valence-corrected chi connectivity index (χ0v) is 9.73. The van der Waals surface area contributed by atoms with Crippen molar-refractivity contribution < 1.29 is 19.4 Å². The van der Waals surface area contributed by atoms with Gasteiger partial charge in [0.2, 0.25) is 5.91 Å². The minimum Gasteiger partial charge on any atom is -0.462 e. The van der Waals surface area contributed by atoms with Gasteiger partial charge in [-0.25, -0.2) is 5.84 Å². The number of hydrogen-bond acceptors (Lipinski definition) is 5. The average Bonchev–Trinajstić information content (AvgIpc) is 2.24. The van der Waals surface area contributed by atoms with Gasteiger partial charge in [0.25, 0.3) is 0 Å². The van der Waals surface area contributed by atoms with Crippen LogP contribution in [0.2, 0.25) is 0 Å². The SMILES string of the molecule is CCC(CC(C)O)OC(=O)CCC(=O)NN. The summed E-state index contributed by atoms with van der Waals surface area (Å²) in [5, 5.41) is 9.15. The molecule has 0 saturated heterocycles. The highest BCUT2D eigenvalue weighted by Gasteiger charge is 2.15. The molecule has 0 aromatic carbocycles. The Bertz CT molecular complexity index is 231. The van der Waals surface area contributed by atoms with Gasteiger partial charge in [-0.1, -0.05) is 6.92 Å². The molecule has 2 unspecified atom stereocenters. The van der Waals surface area contributed by atoms with Crippen LogP contribution in [0, 0.1) is 0 Å². The first-order valence-corrected chi connectivity index (χ1v) is 5.36. The summed E-state index contributed by atoms with van der Waals surface area (Å²) in [5.41, 5.74) is 1.93. The maximum Gasteiger partial charge on any atom is 0.306 e. The number of carbonyl (C=O) groups is 2. The number of aliphatic hydroxyl groups excluding tert-OH is 1. The second-order valence-corrected chi connectivity index (χ2v) is 3.67. The van der Waals surface area contributed by atoms with Gasteiger partial charge in [0.1, 0.15) is 6.10 Å². The summed E-state index contributed by atoms with van der Waals surface area (Å²) in [4.78, 5) is 22.1. The molecular weight excluding hydrogens is 212 g/mol. The number of carbonyl (C=O) groups excluding carboxylic acids is 2. The normalized spacial score (nSPS) is 14.0. The molecule has 16 heavy (non-hydrogen) atoms. The molecule has 1 amide bonds. The smallest absolute Gasteiger partial charge is 0.306 e. The van der Waals surface area contributed by atoms with Crippen molar-refractivity contribution in [2.24, 2.45) is 5.84 Å². The third kappa shape index (κ3) is 7.19. The first kappa shape index (κ1) is 14.9. The number of hydrazine groups is 1. The van der Waals surface area contributed by atoms with Crippen molar-refractivity contribution in [3.8, 4) is 0 Å². The molecular formula is C10H20N2O4. The average molecular weight is 232 g/mol. The number of rotatable bonds is 7. The lowest BCUT2D eigenvalue weighted by molar-refractivity contribution is -0.151. The first-order valence-electron chi connectivity index (χ1n) is 5.36. The van der Waals surface area contributed by atoms with E-state index in [1.807, 2.05) is 12.3 Å². The van der Waals surface area contributed by atoms with Crippen molar-refractivity contribution in [1.82, 2.24) is 5.43 Å². The van der Waals surface area contributed by atoms with Crippen LogP contribution in [0.3, 0.4) is 0 Å². The number of aliphatic hydroxyl groups is 1. The zero-order chi connectivity index (χ0) is 12.6. The molecule has 4 N–H and O–H groups in total. The topological polar surface area (TPSA) is 102 Å². The quantitative estimate of drug-likeness (QED) is 0.245. The molecule has 0 spiro atoms. The molecule has 0 aliphatic heterocycles. The Balaban J connectivity index is 3.87. The van der Waals surface area contributed by atoms with Gasteiger partial charge in [-0.15, -0.1) is 0 Å². The molecule has 0 rings (SSSR count). The molecule has 0 saturated carbocycles. The summed E-state index contributed by atoms with van der Waals surface area (Å²) in [5.74, 6) is 4.02. The molecule has 0 aliphatic rings. The Labute approximate surface area is 95.1 Å². The molecule has 6 heteroatoms. The molecule has 0 bridgehead atoms. The first-order chi connectivity index (χ1) is 7.49. The summed E-state index contributed by atoms with van der Waals surface area (Å²) in [7, 11) is 0. The Hall–Kier alpha value is -1.14. The van der Waals surface area contributed by atoms with Gasteiger partial charge in [0.15, 0.2) is 0 Å². The number of esters is 1. The van der Waals surface area contributed by atoms with Crippen LogP contribution >= 0.6 is 0 Å². The highest BCUT2D eigenvalue weighted by molar-refractivity contribution is 5.80. The maximum absolute atomic E-state index is 11.3. The summed E-state index contributed by atoms with van der Waals surface area (Å²) in [6.07, 6.45) is 0.253. The summed E-state index contributed by atoms with van der Waals surface area (Å²) < 4.78 is 5.09. The molecule has 2 atom stereocenters. The number of nitrogens with two attached hydrogens (primary N) is 1. The van der Waals surface area contributed by atoms with E-state index in [9.17, 15) is 9.59 Å². The fourth-order valence-corrected chi connectivity index (χ4v) is 1.21. The summed E-state index contributed by atoms with van der Waals surface area (Å²) >= 11 is 0. The largest absolute Gasteiger partial charge is 0.462 e. The molecule has 0 aromatic rings. The number of nitrogens with one attached hydrogen (secondary N) is 1. The van der Waals surface area contributed by atoms with E-state index >= 15 is 0 Å². The van der Waals surface area contributed by atoms with E-state index in [0.29, 0.717) is 12.8 Å². The van der Waals surface area contributed by atoms with Gasteiger partial charge in [-0.05, 0) is 13.3 Å². The fraction of sp³-hybridized carbons (Fsp3) is 0.800. The van der Waals surface area contributed by atoms with Crippen molar-refractivity contribution in [1.29, 1.82) is 0 Å². The van der Waals surface area contributed by atoms with Crippen LogP contribution in [0.15, 0.2) is 0 Å². The minimum atomic E-state index is -0.509. The van der Waals surface area contributed by atoms with E-state index in [4.69, 9.17) is 15.7 Å².